The Labute approximate surface area is 228 Å². The summed E-state index contributed by atoms with van der Waals surface area (Å²) in [5, 5.41) is 11.3. The predicted molar refractivity (Wildman–Crippen MR) is 151 cm³/mol. The number of aromatic amines is 2. The summed E-state index contributed by atoms with van der Waals surface area (Å²) in [5.41, 5.74) is 6.82. The first kappa shape index (κ1) is 23.9. The highest BCUT2D eigenvalue weighted by Crippen LogP contribution is 2.32. The fourth-order valence-corrected chi connectivity index (χ4v) is 4.90. The average molecular weight is 532 g/mol. The van der Waals surface area contributed by atoms with Gasteiger partial charge in [0.1, 0.15) is 11.2 Å². The lowest BCUT2D eigenvalue weighted by molar-refractivity contribution is 0.164. The van der Waals surface area contributed by atoms with Crippen molar-refractivity contribution in [1.29, 1.82) is 0 Å². The Kier molecular flexibility index (Phi) is 5.86. The average Bonchev–Trinajstić information content (AvgIpc) is 3.62. The molecule has 1 saturated heterocycles. The van der Waals surface area contributed by atoms with Crippen LogP contribution < -0.4 is 5.32 Å². The van der Waals surface area contributed by atoms with E-state index < -0.39 is 0 Å². The molecule has 12 nitrogen and oxygen atoms in total. The van der Waals surface area contributed by atoms with Crippen LogP contribution in [0, 0.1) is 0 Å². The number of rotatable bonds is 4. The van der Waals surface area contributed by atoms with Crippen molar-refractivity contribution in [3.05, 3.63) is 67.5 Å². The van der Waals surface area contributed by atoms with Crippen molar-refractivity contribution in [3.8, 4) is 33.8 Å². The van der Waals surface area contributed by atoms with Crippen LogP contribution in [-0.2, 0) is 0 Å². The second kappa shape index (κ2) is 9.82. The van der Waals surface area contributed by atoms with E-state index in [4.69, 9.17) is 4.98 Å². The lowest BCUT2D eigenvalue weighted by atomic mass is 10.1. The Morgan fingerprint density at radius 2 is 1.75 bits per heavy atom. The zero-order chi connectivity index (χ0) is 27.1. The first-order chi connectivity index (χ1) is 19.6. The van der Waals surface area contributed by atoms with Crippen LogP contribution in [0.15, 0.2) is 67.5 Å². The van der Waals surface area contributed by atoms with E-state index in [-0.39, 0.29) is 6.03 Å². The molecule has 7 heterocycles. The number of urea groups is 1. The zero-order valence-electron chi connectivity index (χ0n) is 21.7. The largest absolute Gasteiger partial charge is 0.322 e. The molecule has 7 rings (SSSR count). The van der Waals surface area contributed by atoms with Crippen molar-refractivity contribution < 1.29 is 4.79 Å². The molecule has 1 aliphatic heterocycles. The van der Waals surface area contributed by atoms with Gasteiger partial charge in [0.15, 0.2) is 17.1 Å². The first-order valence-electron chi connectivity index (χ1n) is 12.9. The number of nitrogens with zero attached hydrogens (tertiary/aromatic N) is 8. The number of likely N-dealkylation sites (N-methyl/N-ethyl adjacent to an activating group) is 1. The molecule has 0 aliphatic carbocycles. The number of nitrogens with one attached hydrogen (secondary N) is 3. The second-order valence-electron chi connectivity index (χ2n) is 9.76. The van der Waals surface area contributed by atoms with Crippen LogP contribution in [0.3, 0.4) is 0 Å². The van der Waals surface area contributed by atoms with Crippen LogP contribution in [0.2, 0.25) is 0 Å². The highest BCUT2D eigenvalue weighted by molar-refractivity contribution is 5.96. The third kappa shape index (κ3) is 4.39. The Bertz CT molecular complexity index is 1840. The van der Waals surface area contributed by atoms with E-state index in [2.05, 4.69) is 52.4 Å². The predicted octanol–water partition coefficient (Wildman–Crippen LogP) is 3.80. The summed E-state index contributed by atoms with van der Waals surface area (Å²) in [4.78, 5) is 42.6. The molecule has 0 spiro atoms. The maximum absolute atomic E-state index is 12.8. The van der Waals surface area contributed by atoms with E-state index in [1.807, 2.05) is 35.2 Å². The molecule has 2 amide bonds. The summed E-state index contributed by atoms with van der Waals surface area (Å²) < 4.78 is 0. The van der Waals surface area contributed by atoms with Crippen molar-refractivity contribution >= 4 is 33.9 Å². The van der Waals surface area contributed by atoms with Crippen LogP contribution in [0.5, 0.6) is 0 Å². The number of pyridine rings is 4. The number of carbonyl (C=O) groups excluding carboxylic acids is 1. The minimum absolute atomic E-state index is 0.123. The van der Waals surface area contributed by atoms with E-state index in [1.54, 1.807) is 37.2 Å². The van der Waals surface area contributed by atoms with Gasteiger partial charge in [-0.15, -0.1) is 0 Å². The van der Waals surface area contributed by atoms with Crippen molar-refractivity contribution in [2.45, 2.75) is 0 Å². The fourth-order valence-electron chi connectivity index (χ4n) is 4.90. The van der Waals surface area contributed by atoms with Gasteiger partial charge in [0, 0.05) is 79.4 Å². The summed E-state index contributed by atoms with van der Waals surface area (Å²) in [6, 6.07) is 9.58. The number of anilines is 1. The van der Waals surface area contributed by atoms with Gasteiger partial charge >= 0.3 is 6.03 Å². The number of H-pyrrole nitrogens is 2. The number of fused-ring (bicyclic) bond motifs is 2. The summed E-state index contributed by atoms with van der Waals surface area (Å²) in [6.45, 7) is 3.10. The Balaban J connectivity index is 1.20. The van der Waals surface area contributed by atoms with Crippen molar-refractivity contribution in [2.24, 2.45) is 0 Å². The van der Waals surface area contributed by atoms with Gasteiger partial charge in [-0.2, -0.15) is 5.10 Å². The minimum Gasteiger partial charge on any atom is -0.322 e. The third-order valence-corrected chi connectivity index (χ3v) is 7.11. The lowest BCUT2D eigenvalue weighted by Crippen LogP contribution is -2.48. The molecule has 0 atom stereocenters. The van der Waals surface area contributed by atoms with Gasteiger partial charge < -0.3 is 20.1 Å². The van der Waals surface area contributed by atoms with Gasteiger partial charge in [-0.25, -0.2) is 19.7 Å². The summed E-state index contributed by atoms with van der Waals surface area (Å²) in [5.74, 6) is 0.579. The molecule has 198 valence electrons. The van der Waals surface area contributed by atoms with Crippen LogP contribution >= 0.6 is 0 Å². The summed E-state index contributed by atoms with van der Waals surface area (Å²) >= 11 is 0. The quantitative estimate of drug-likeness (QED) is 0.312. The number of hydrogen-bond acceptors (Lipinski definition) is 8. The fraction of sp³-hybridized carbons (Fsp3) is 0.179. The van der Waals surface area contributed by atoms with Crippen LogP contribution in [0.25, 0.3) is 56.0 Å². The Morgan fingerprint density at radius 1 is 0.900 bits per heavy atom. The number of imidazole rings is 1. The maximum atomic E-state index is 12.8. The van der Waals surface area contributed by atoms with Gasteiger partial charge in [-0.05, 0) is 31.3 Å². The topological polar surface area (TPSA) is 144 Å². The van der Waals surface area contributed by atoms with Gasteiger partial charge in [-0.1, -0.05) is 6.07 Å². The summed E-state index contributed by atoms with van der Waals surface area (Å²) in [7, 11) is 2.06. The van der Waals surface area contributed by atoms with E-state index in [0.717, 1.165) is 46.2 Å². The minimum atomic E-state index is -0.123. The highest BCUT2D eigenvalue weighted by atomic mass is 16.2. The first-order valence-corrected chi connectivity index (χ1v) is 12.9. The molecule has 1 aliphatic rings. The maximum Gasteiger partial charge on any atom is 0.321 e. The number of carbonyl (C=O) groups is 1. The van der Waals surface area contributed by atoms with Crippen molar-refractivity contribution in [1.82, 2.24) is 49.9 Å². The van der Waals surface area contributed by atoms with Gasteiger partial charge in [0.25, 0.3) is 0 Å². The highest BCUT2D eigenvalue weighted by Gasteiger charge is 2.20. The van der Waals surface area contributed by atoms with E-state index in [1.165, 1.54) is 0 Å². The number of piperazine rings is 1. The monoisotopic (exact) mass is 531 g/mol. The van der Waals surface area contributed by atoms with E-state index in [0.29, 0.717) is 41.6 Å². The molecule has 0 aromatic carbocycles. The molecule has 3 N–H and O–H groups in total. The van der Waals surface area contributed by atoms with Crippen molar-refractivity contribution in [2.75, 3.05) is 38.5 Å². The molecule has 0 unspecified atom stereocenters. The van der Waals surface area contributed by atoms with Gasteiger partial charge in [-0.3, -0.25) is 15.1 Å². The molecule has 6 aromatic rings. The Hall–Kier alpha value is -5.23. The number of amides is 2. The Morgan fingerprint density at radius 3 is 2.60 bits per heavy atom. The standard InChI is InChI=1S/C28H25N11O/c1-38-7-9-39(10-8-38)28(40)33-20-11-18(14-30-16-20)19-12-22-24(36-37-25(22)32-15-19)27-34-23-21(4-6-31-26(23)35-27)17-3-2-5-29-13-17/h2-6,11-16H,7-10H2,1H3,(H,33,40)(H,31,34,35)(H,32,36,37). The molecule has 6 aromatic heterocycles. The molecule has 0 radical (unpaired) electrons. The van der Waals surface area contributed by atoms with Gasteiger partial charge in [0.05, 0.1) is 17.3 Å². The summed E-state index contributed by atoms with van der Waals surface area (Å²) in [6.07, 6.45) is 10.4. The van der Waals surface area contributed by atoms with Crippen LogP contribution in [-0.4, -0.2) is 89.2 Å². The van der Waals surface area contributed by atoms with Gasteiger partial charge in [0.2, 0.25) is 0 Å². The molecular formula is C28H25N11O. The molecule has 1 fully saturated rings. The lowest BCUT2D eigenvalue weighted by Gasteiger charge is -2.32. The SMILES string of the molecule is CN1CCN(C(=O)Nc2cncc(-c3cnc4[nH]nc(-c5nc6c(-c7cccnc7)ccnc6[nH]5)c4c3)c2)CC1. The molecule has 0 bridgehead atoms. The number of aromatic nitrogens is 8. The van der Waals surface area contributed by atoms with Crippen LogP contribution in [0.1, 0.15) is 0 Å². The molecule has 12 heteroatoms. The van der Waals surface area contributed by atoms with E-state index >= 15 is 0 Å². The molecular weight excluding hydrogens is 506 g/mol. The normalized spacial score (nSPS) is 14.2. The molecule has 40 heavy (non-hydrogen) atoms. The van der Waals surface area contributed by atoms with Crippen LogP contribution in [0.4, 0.5) is 10.5 Å². The smallest absolute Gasteiger partial charge is 0.321 e. The van der Waals surface area contributed by atoms with E-state index in [9.17, 15) is 4.79 Å². The molecule has 0 saturated carbocycles. The second-order valence-corrected chi connectivity index (χ2v) is 9.76. The zero-order valence-corrected chi connectivity index (χ0v) is 21.7. The van der Waals surface area contributed by atoms with Crippen molar-refractivity contribution in [3.63, 3.8) is 0 Å². The third-order valence-electron chi connectivity index (χ3n) is 7.11. The number of hydrogen-bond donors (Lipinski definition) is 3.